The summed E-state index contributed by atoms with van der Waals surface area (Å²) in [5.41, 5.74) is 0.560. The van der Waals surface area contributed by atoms with Crippen molar-refractivity contribution >= 4 is 0 Å². The molecular weight excluding hydrogens is 240 g/mol. The molecule has 1 unspecified atom stereocenters. The summed E-state index contributed by atoms with van der Waals surface area (Å²) in [6.07, 6.45) is -0.534. The fraction of sp³-hybridized carbons (Fsp3) is 0.533. The Bertz CT molecular complexity index is 426. The van der Waals surface area contributed by atoms with Crippen molar-refractivity contribution in [1.82, 2.24) is 4.90 Å². The van der Waals surface area contributed by atoms with Crippen molar-refractivity contribution in [3.63, 3.8) is 0 Å². The Morgan fingerprint density at radius 3 is 2.74 bits per heavy atom. The molecule has 0 heterocycles. The quantitative estimate of drug-likeness (QED) is 0.817. The lowest BCUT2D eigenvalue weighted by atomic mass is 10.2. The number of nitrogens with zero attached hydrogens (tertiary/aromatic N) is 2. The van der Waals surface area contributed by atoms with Crippen LogP contribution in [0.3, 0.4) is 0 Å². The highest BCUT2D eigenvalue weighted by Crippen LogP contribution is 2.13. The standard InChI is InChI=1S/C15H22N2O2/c1-4-17(12(2)3)10-14(18)11-19-15-7-5-6-13(8-15)9-16/h5-8,12,14,18H,4,10-11H2,1-3H3. The van der Waals surface area contributed by atoms with E-state index in [2.05, 4.69) is 31.7 Å². The first kappa shape index (κ1) is 15.5. The maximum atomic E-state index is 9.96. The van der Waals surface area contributed by atoms with Crippen LogP contribution in [-0.4, -0.2) is 41.8 Å². The molecule has 1 aromatic carbocycles. The van der Waals surface area contributed by atoms with E-state index in [0.29, 0.717) is 23.9 Å². The Morgan fingerprint density at radius 2 is 2.16 bits per heavy atom. The summed E-state index contributed by atoms with van der Waals surface area (Å²) in [6.45, 7) is 8.01. The average Bonchev–Trinajstić information content (AvgIpc) is 2.42. The third kappa shape index (κ3) is 5.29. The second-order valence-electron chi connectivity index (χ2n) is 4.79. The van der Waals surface area contributed by atoms with E-state index in [1.54, 1.807) is 24.3 Å². The summed E-state index contributed by atoms with van der Waals surface area (Å²) in [6, 6.07) is 9.42. The van der Waals surface area contributed by atoms with Crippen LogP contribution < -0.4 is 4.74 Å². The van der Waals surface area contributed by atoms with E-state index >= 15 is 0 Å². The van der Waals surface area contributed by atoms with Crippen molar-refractivity contribution < 1.29 is 9.84 Å². The number of likely N-dealkylation sites (N-methyl/N-ethyl adjacent to an activating group) is 1. The van der Waals surface area contributed by atoms with Crippen molar-refractivity contribution in [2.45, 2.75) is 32.9 Å². The van der Waals surface area contributed by atoms with Gasteiger partial charge < -0.3 is 9.84 Å². The molecular formula is C15H22N2O2. The van der Waals surface area contributed by atoms with Crippen LogP contribution in [-0.2, 0) is 0 Å². The van der Waals surface area contributed by atoms with Crippen LogP contribution in [0.1, 0.15) is 26.3 Å². The van der Waals surface area contributed by atoms with E-state index in [4.69, 9.17) is 10.00 Å². The summed E-state index contributed by atoms with van der Waals surface area (Å²) in [7, 11) is 0. The Hall–Kier alpha value is -1.57. The van der Waals surface area contributed by atoms with Crippen molar-refractivity contribution in [3.8, 4) is 11.8 Å². The normalized spacial score (nSPS) is 12.5. The number of aliphatic hydroxyl groups excluding tert-OH is 1. The Kier molecular flexibility index (Phi) is 6.34. The van der Waals surface area contributed by atoms with Crippen LogP contribution in [0.4, 0.5) is 0 Å². The first-order valence-corrected chi connectivity index (χ1v) is 6.61. The molecule has 0 radical (unpaired) electrons. The van der Waals surface area contributed by atoms with Crippen LogP contribution in [0.5, 0.6) is 5.75 Å². The van der Waals surface area contributed by atoms with Gasteiger partial charge in [0, 0.05) is 12.6 Å². The van der Waals surface area contributed by atoms with Gasteiger partial charge in [0.15, 0.2) is 0 Å². The second kappa shape index (κ2) is 7.78. The number of hydrogen-bond donors (Lipinski definition) is 1. The molecule has 1 rings (SSSR count). The molecule has 4 heteroatoms. The van der Waals surface area contributed by atoms with E-state index in [0.717, 1.165) is 6.54 Å². The SMILES string of the molecule is CCN(CC(O)COc1cccc(C#N)c1)C(C)C. The highest BCUT2D eigenvalue weighted by Gasteiger charge is 2.13. The lowest BCUT2D eigenvalue weighted by molar-refractivity contribution is 0.0597. The molecule has 1 aromatic rings. The summed E-state index contributed by atoms with van der Waals surface area (Å²) < 4.78 is 5.51. The highest BCUT2D eigenvalue weighted by molar-refractivity contribution is 5.36. The van der Waals surface area contributed by atoms with Gasteiger partial charge in [-0.1, -0.05) is 13.0 Å². The Morgan fingerprint density at radius 1 is 1.42 bits per heavy atom. The van der Waals surface area contributed by atoms with Crippen LogP contribution in [0.15, 0.2) is 24.3 Å². The van der Waals surface area contributed by atoms with Crippen LogP contribution in [0.25, 0.3) is 0 Å². The van der Waals surface area contributed by atoms with Gasteiger partial charge >= 0.3 is 0 Å². The average molecular weight is 262 g/mol. The maximum Gasteiger partial charge on any atom is 0.120 e. The highest BCUT2D eigenvalue weighted by atomic mass is 16.5. The van der Waals surface area contributed by atoms with Gasteiger partial charge in [-0.2, -0.15) is 5.26 Å². The fourth-order valence-corrected chi connectivity index (χ4v) is 1.88. The topological polar surface area (TPSA) is 56.5 Å². The first-order valence-electron chi connectivity index (χ1n) is 6.61. The van der Waals surface area contributed by atoms with E-state index in [9.17, 15) is 5.11 Å². The molecule has 0 aromatic heterocycles. The van der Waals surface area contributed by atoms with Gasteiger partial charge in [0.05, 0.1) is 11.6 Å². The Labute approximate surface area is 115 Å². The van der Waals surface area contributed by atoms with Crippen molar-refractivity contribution in [1.29, 1.82) is 5.26 Å². The van der Waals surface area contributed by atoms with E-state index in [1.165, 1.54) is 0 Å². The third-order valence-electron chi connectivity index (χ3n) is 2.99. The minimum atomic E-state index is -0.534. The van der Waals surface area contributed by atoms with Crippen molar-refractivity contribution in [2.24, 2.45) is 0 Å². The zero-order valence-corrected chi connectivity index (χ0v) is 11.8. The van der Waals surface area contributed by atoms with Gasteiger partial charge in [-0.15, -0.1) is 0 Å². The van der Waals surface area contributed by atoms with E-state index < -0.39 is 6.10 Å². The number of hydrogen-bond acceptors (Lipinski definition) is 4. The molecule has 0 spiro atoms. The van der Waals surface area contributed by atoms with Gasteiger partial charge in [0.1, 0.15) is 18.5 Å². The van der Waals surface area contributed by atoms with E-state index in [1.807, 2.05) is 0 Å². The number of nitriles is 1. The lowest BCUT2D eigenvalue weighted by Crippen LogP contribution is -2.39. The lowest BCUT2D eigenvalue weighted by Gasteiger charge is -2.27. The molecule has 1 N–H and O–H groups in total. The molecule has 0 aliphatic carbocycles. The van der Waals surface area contributed by atoms with Crippen LogP contribution in [0.2, 0.25) is 0 Å². The van der Waals surface area contributed by atoms with Gasteiger partial charge in [0.25, 0.3) is 0 Å². The molecule has 0 fully saturated rings. The number of rotatable bonds is 7. The Balaban J connectivity index is 2.45. The molecule has 0 saturated heterocycles. The monoisotopic (exact) mass is 262 g/mol. The minimum absolute atomic E-state index is 0.234. The zero-order chi connectivity index (χ0) is 14.3. The van der Waals surface area contributed by atoms with Crippen molar-refractivity contribution in [2.75, 3.05) is 19.7 Å². The molecule has 0 saturated carbocycles. The summed E-state index contributed by atoms with van der Waals surface area (Å²) in [4.78, 5) is 2.18. The minimum Gasteiger partial charge on any atom is -0.491 e. The second-order valence-corrected chi connectivity index (χ2v) is 4.79. The molecule has 19 heavy (non-hydrogen) atoms. The summed E-state index contributed by atoms with van der Waals surface area (Å²) >= 11 is 0. The van der Waals surface area contributed by atoms with Gasteiger partial charge in [0.2, 0.25) is 0 Å². The first-order chi connectivity index (χ1) is 9.06. The molecule has 0 aliphatic rings. The maximum absolute atomic E-state index is 9.96. The molecule has 0 amide bonds. The van der Waals surface area contributed by atoms with Gasteiger partial charge in [-0.25, -0.2) is 0 Å². The van der Waals surface area contributed by atoms with Gasteiger partial charge in [-0.3, -0.25) is 4.90 Å². The van der Waals surface area contributed by atoms with Crippen molar-refractivity contribution in [3.05, 3.63) is 29.8 Å². The largest absolute Gasteiger partial charge is 0.491 e. The molecule has 4 nitrogen and oxygen atoms in total. The predicted octanol–water partition coefficient (Wildman–Crippen LogP) is 2.03. The molecule has 0 aliphatic heterocycles. The molecule has 1 atom stereocenters. The molecule has 0 bridgehead atoms. The molecule has 104 valence electrons. The van der Waals surface area contributed by atoms with Gasteiger partial charge in [-0.05, 0) is 38.6 Å². The number of ether oxygens (including phenoxy) is 1. The van der Waals surface area contributed by atoms with Crippen LogP contribution in [0, 0.1) is 11.3 Å². The zero-order valence-electron chi connectivity index (χ0n) is 11.8. The van der Waals surface area contributed by atoms with E-state index in [-0.39, 0.29) is 6.61 Å². The summed E-state index contributed by atoms with van der Waals surface area (Å²) in [5, 5.41) is 18.7. The third-order valence-corrected chi connectivity index (χ3v) is 2.99. The predicted molar refractivity (Wildman–Crippen MR) is 75.0 cm³/mol. The smallest absolute Gasteiger partial charge is 0.120 e. The van der Waals surface area contributed by atoms with Crippen LogP contribution >= 0.6 is 0 Å². The summed E-state index contributed by atoms with van der Waals surface area (Å²) in [5.74, 6) is 0.616. The number of benzene rings is 1. The fourth-order valence-electron chi connectivity index (χ4n) is 1.88. The number of aliphatic hydroxyl groups is 1.